The molecule has 0 aromatic heterocycles. The van der Waals surface area contributed by atoms with Crippen LogP contribution in [0.1, 0.15) is 20.7 Å². The Labute approximate surface area is 154 Å². The van der Waals surface area contributed by atoms with Crippen molar-refractivity contribution in [3.63, 3.8) is 0 Å². The van der Waals surface area contributed by atoms with Gasteiger partial charge in [-0.3, -0.25) is 19.7 Å². The van der Waals surface area contributed by atoms with Crippen molar-refractivity contribution in [1.82, 2.24) is 0 Å². The zero-order chi connectivity index (χ0) is 19.2. The third-order valence-electron chi connectivity index (χ3n) is 3.75. The van der Waals surface area contributed by atoms with E-state index in [0.717, 1.165) is 0 Å². The van der Waals surface area contributed by atoms with Crippen LogP contribution < -0.4 is 10.6 Å². The Balaban J connectivity index is 1.70. The Morgan fingerprint density at radius 2 is 1.30 bits per heavy atom. The molecule has 0 bridgehead atoms. The lowest BCUT2D eigenvalue weighted by Gasteiger charge is -2.08. The molecule has 2 amide bonds. The van der Waals surface area contributed by atoms with Crippen molar-refractivity contribution in [2.24, 2.45) is 0 Å². The minimum Gasteiger partial charge on any atom is -0.322 e. The van der Waals surface area contributed by atoms with Crippen molar-refractivity contribution in [3.8, 4) is 0 Å². The number of hydrogen-bond acceptors (Lipinski definition) is 4. The van der Waals surface area contributed by atoms with E-state index < -0.39 is 4.92 Å². The number of nitrogens with zero attached hydrogens (tertiary/aromatic N) is 1. The second-order valence-electron chi connectivity index (χ2n) is 5.66. The average molecular weight is 361 g/mol. The van der Waals surface area contributed by atoms with Gasteiger partial charge >= 0.3 is 0 Å². The van der Waals surface area contributed by atoms with Crippen LogP contribution >= 0.6 is 0 Å². The zero-order valence-corrected chi connectivity index (χ0v) is 14.1. The van der Waals surface area contributed by atoms with E-state index >= 15 is 0 Å². The summed E-state index contributed by atoms with van der Waals surface area (Å²) in [6.45, 7) is 0. The Hall–Kier alpha value is -4.00. The Bertz CT molecular complexity index is 986. The molecule has 3 rings (SSSR count). The standard InChI is InChI=1S/C20H15N3O4/c24-19(14-5-2-1-3-6-14)22-17-8-4-7-15(13-17)20(25)21-16-9-11-18(12-10-16)23(26)27/h1-13H,(H,21,25)(H,22,24). The Morgan fingerprint density at radius 3 is 1.96 bits per heavy atom. The molecule has 7 nitrogen and oxygen atoms in total. The van der Waals surface area contributed by atoms with Gasteiger partial charge in [-0.15, -0.1) is 0 Å². The van der Waals surface area contributed by atoms with Crippen molar-refractivity contribution < 1.29 is 14.5 Å². The summed E-state index contributed by atoms with van der Waals surface area (Å²) in [7, 11) is 0. The average Bonchev–Trinajstić information content (AvgIpc) is 2.69. The second kappa shape index (κ2) is 7.92. The smallest absolute Gasteiger partial charge is 0.269 e. The molecule has 0 radical (unpaired) electrons. The van der Waals surface area contributed by atoms with Crippen molar-refractivity contribution in [3.05, 3.63) is 100 Å². The van der Waals surface area contributed by atoms with Gasteiger partial charge in [0.1, 0.15) is 0 Å². The van der Waals surface area contributed by atoms with Crippen LogP contribution in [0.2, 0.25) is 0 Å². The molecule has 134 valence electrons. The van der Waals surface area contributed by atoms with Gasteiger partial charge in [-0.05, 0) is 42.5 Å². The van der Waals surface area contributed by atoms with Gasteiger partial charge in [0.15, 0.2) is 0 Å². The number of benzene rings is 3. The third-order valence-corrected chi connectivity index (χ3v) is 3.75. The highest BCUT2D eigenvalue weighted by Crippen LogP contribution is 2.18. The quantitative estimate of drug-likeness (QED) is 0.527. The molecule has 0 aliphatic carbocycles. The lowest BCUT2D eigenvalue weighted by atomic mass is 10.1. The van der Waals surface area contributed by atoms with Crippen molar-refractivity contribution in [2.45, 2.75) is 0 Å². The minimum absolute atomic E-state index is 0.0568. The summed E-state index contributed by atoms with van der Waals surface area (Å²) in [6, 6.07) is 20.8. The van der Waals surface area contributed by atoms with Crippen molar-refractivity contribution >= 4 is 28.9 Å². The highest BCUT2D eigenvalue weighted by atomic mass is 16.6. The van der Waals surface area contributed by atoms with Gasteiger partial charge < -0.3 is 10.6 Å². The number of non-ortho nitro benzene ring substituents is 1. The molecule has 0 spiro atoms. The van der Waals surface area contributed by atoms with E-state index in [2.05, 4.69) is 10.6 Å². The monoisotopic (exact) mass is 361 g/mol. The first-order valence-corrected chi connectivity index (χ1v) is 8.05. The highest BCUT2D eigenvalue weighted by molar-refractivity contribution is 6.07. The van der Waals surface area contributed by atoms with Crippen LogP contribution in [0.15, 0.2) is 78.9 Å². The summed E-state index contributed by atoms with van der Waals surface area (Å²) in [5.41, 5.74) is 1.72. The molecule has 0 fully saturated rings. The maximum absolute atomic E-state index is 12.4. The fourth-order valence-corrected chi connectivity index (χ4v) is 2.40. The van der Waals surface area contributed by atoms with E-state index in [1.807, 2.05) is 6.07 Å². The largest absolute Gasteiger partial charge is 0.322 e. The lowest BCUT2D eigenvalue weighted by molar-refractivity contribution is -0.384. The van der Waals surface area contributed by atoms with Gasteiger partial charge in [0.2, 0.25) is 0 Å². The molecular weight excluding hydrogens is 346 g/mol. The summed E-state index contributed by atoms with van der Waals surface area (Å²) in [4.78, 5) is 34.7. The van der Waals surface area contributed by atoms with Crippen LogP contribution in [-0.4, -0.2) is 16.7 Å². The summed E-state index contributed by atoms with van der Waals surface area (Å²) < 4.78 is 0. The number of nitro benzene ring substituents is 1. The SMILES string of the molecule is O=C(Nc1cccc(C(=O)Nc2ccc([N+](=O)[O-])cc2)c1)c1ccccc1. The maximum Gasteiger partial charge on any atom is 0.269 e. The summed E-state index contributed by atoms with van der Waals surface area (Å²) in [5, 5.41) is 16.1. The van der Waals surface area contributed by atoms with Gasteiger partial charge in [0.25, 0.3) is 17.5 Å². The number of amides is 2. The molecule has 7 heteroatoms. The fourth-order valence-electron chi connectivity index (χ4n) is 2.40. The molecule has 0 heterocycles. The number of anilines is 2. The van der Waals surface area contributed by atoms with Gasteiger partial charge in [0.05, 0.1) is 4.92 Å². The Kier molecular flexibility index (Phi) is 5.22. The highest BCUT2D eigenvalue weighted by Gasteiger charge is 2.10. The molecule has 0 aliphatic rings. The van der Waals surface area contributed by atoms with E-state index in [-0.39, 0.29) is 17.5 Å². The molecule has 0 atom stereocenters. The van der Waals surface area contributed by atoms with E-state index in [9.17, 15) is 19.7 Å². The first kappa shape index (κ1) is 17.8. The molecule has 0 saturated carbocycles. The van der Waals surface area contributed by atoms with Crippen LogP contribution in [0.25, 0.3) is 0 Å². The number of carbonyl (C=O) groups excluding carboxylic acids is 2. The van der Waals surface area contributed by atoms with E-state index in [1.54, 1.807) is 48.5 Å². The van der Waals surface area contributed by atoms with E-state index in [1.165, 1.54) is 24.3 Å². The van der Waals surface area contributed by atoms with Gasteiger partial charge in [-0.1, -0.05) is 24.3 Å². The fraction of sp³-hybridized carbons (Fsp3) is 0. The van der Waals surface area contributed by atoms with Crippen LogP contribution in [0.5, 0.6) is 0 Å². The van der Waals surface area contributed by atoms with Crippen LogP contribution in [0.3, 0.4) is 0 Å². The van der Waals surface area contributed by atoms with E-state index in [4.69, 9.17) is 0 Å². The van der Waals surface area contributed by atoms with Crippen molar-refractivity contribution in [2.75, 3.05) is 10.6 Å². The molecule has 0 aliphatic heterocycles. The number of carbonyl (C=O) groups is 2. The number of hydrogen-bond donors (Lipinski definition) is 2. The normalized spacial score (nSPS) is 10.1. The first-order valence-electron chi connectivity index (χ1n) is 8.05. The minimum atomic E-state index is -0.509. The Morgan fingerprint density at radius 1 is 0.704 bits per heavy atom. The summed E-state index contributed by atoms with van der Waals surface area (Å²) in [5.74, 6) is -0.664. The number of rotatable bonds is 5. The molecular formula is C20H15N3O4. The van der Waals surface area contributed by atoms with Crippen molar-refractivity contribution in [1.29, 1.82) is 0 Å². The van der Waals surface area contributed by atoms with E-state index in [0.29, 0.717) is 22.5 Å². The topological polar surface area (TPSA) is 101 Å². The zero-order valence-electron chi connectivity index (χ0n) is 14.1. The maximum atomic E-state index is 12.4. The second-order valence-corrected chi connectivity index (χ2v) is 5.66. The molecule has 0 unspecified atom stereocenters. The molecule has 0 saturated heterocycles. The van der Waals surface area contributed by atoms with Crippen LogP contribution in [0, 0.1) is 10.1 Å². The molecule has 2 N–H and O–H groups in total. The van der Waals surface area contributed by atoms with Gasteiger partial charge in [-0.25, -0.2) is 0 Å². The predicted molar refractivity (Wildman–Crippen MR) is 102 cm³/mol. The number of nitro groups is 1. The molecule has 3 aromatic carbocycles. The number of nitrogens with one attached hydrogen (secondary N) is 2. The molecule has 27 heavy (non-hydrogen) atoms. The molecule has 3 aromatic rings. The third kappa shape index (κ3) is 4.55. The van der Waals surface area contributed by atoms with Crippen LogP contribution in [0.4, 0.5) is 17.1 Å². The summed E-state index contributed by atoms with van der Waals surface area (Å²) >= 11 is 0. The summed E-state index contributed by atoms with van der Waals surface area (Å²) in [6.07, 6.45) is 0. The van der Waals surface area contributed by atoms with Gasteiger partial charge in [-0.2, -0.15) is 0 Å². The lowest BCUT2D eigenvalue weighted by Crippen LogP contribution is -2.14. The predicted octanol–water partition coefficient (Wildman–Crippen LogP) is 4.10. The van der Waals surface area contributed by atoms with Gasteiger partial charge in [0, 0.05) is 34.6 Å². The van der Waals surface area contributed by atoms with Crippen LogP contribution in [-0.2, 0) is 0 Å². The first-order chi connectivity index (χ1) is 13.0.